The highest BCUT2D eigenvalue weighted by atomic mass is 79.9. The average molecular weight is 393 g/mol. The lowest BCUT2D eigenvalue weighted by Crippen LogP contribution is -2.25. The zero-order valence-corrected chi connectivity index (χ0v) is 13.4. The largest absolute Gasteiger partial charge is 0.352 e. The summed E-state index contributed by atoms with van der Waals surface area (Å²) in [6, 6.07) is 1.82. The van der Waals surface area contributed by atoms with Crippen LogP contribution in [0, 0.1) is 0 Å². The van der Waals surface area contributed by atoms with Crippen molar-refractivity contribution in [2.45, 2.75) is 13.0 Å². The van der Waals surface area contributed by atoms with Gasteiger partial charge >= 0.3 is 0 Å². The van der Waals surface area contributed by atoms with E-state index in [0.29, 0.717) is 12.1 Å². The van der Waals surface area contributed by atoms with E-state index >= 15 is 0 Å². The van der Waals surface area contributed by atoms with E-state index in [0.717, 1.165) is 20.5 Å². The molecule has 0 aliphatic carbocycles. The van der Waals surface area contributed by atoms with Crippen molar-refractivity contribution in [3.63, 3.8) is 0 Å². The Hall–Kier alpha value is -0.660. The van der Waals surface area contributed by atoms with Gasteiger partial charge in [0, 0.05) is 25.5 Å². The number of aromatic nitrogens is 2. The number of carbonyl (C=O) groups excluding carboxylic acids is 1. The first-order valence-electron chi connectivity index (χ1n) is 5.35. The Morgan fingerprint density at radius 3 is 2.94 bits per heavy atom. The molecule has 0 bridgehead atoms. The molecule has 0 radical (unpaired) electrons. The average Bonchev–Trinajstić information content (AvgIpc) is 2.94. The Morgan fingerprint density at radius 2 is 2.33 bits per heavy atom. The maximum atomic E-state index is 11.9. The van der Waals surface area contributed by atoms with Crippen LogP contribution in [0.4, 0.5) is 0 Å². The lowest BCUT2D eigenvalue weighted by atomic mass is 10.3. The van der Waals surface area contributed by atoms with Gasteiger partial charge in [0.15, 0.2) is 0 Å². The molecule has 2 heterocycles. The highest BCUT2D eigenvalue weighted by Gasteiger charge is 2.12. The summed E-state index contributed by atoms with van der Waals surface area (Å²) in [6.07, 6.45) is 6.31. The smallest absolute Gasteiger partial charge is 0.253 e. The summed E-state index contributed by atoms with van der Waals surface area (Å²) in [5, 5.41) is 2.90. The van der Waals surface area contributed by atoms with Gasteiger partial charge in [-0.25, -0.2) is 4.98 Å². The molecule has 0 fully saturated rings. The molecule has 0 spiro atoms. The van der Waals surface area contributed by atoms with Crippen LogP contribution in [-0.4, -0.2) is 22.0 Å². The van der Waals surface area contributed by atoms with Gasteiger partial charge in [0.25, 0.3) is 5.91 Å². The van der Waals surface area contributed by atoms with Crippen molar-refractivity contribution in [1.82, 2.24) is 14.9 Å². The number of thiophene rings is 1. The summed E-state index contributed by atoms with van der Waals surface area (Å²) in [5.41, 5.74) is 0.675. The van der Waals surface area contributed by atoms with Gasteiger partial charge < -0.3 is 9.88 Å². The maximum absolute atomic E-state index is 11.9. The summed E-state index contributed by atoms with van der Waals surface area (Å²) in [4.78, 5) is 15.8. The molecular weight excluding hydrogens is 382 g/mol. The first-order valence-corrected chi connectivity index (χ1v) is 7.76. The Morgan fingerprint density at radius 1 is 1.50 bits per heavy atom. The third kappa shape index (κ3) is 3.66. The van der Waals surface area contributed by atoms with Crippen molar-refractivity contribution in [2.24, 2.45) is 0 Å². The van der Waals surface area contributed by atoms with Crippen LogP contribution < -0.4 is 5.32 Å². The first kappa shape index (κ1) is 13.8. The standard InChI is InChI=1S/C11H11Br2N3OS/c12-9-6-8(10(13)18-9)11(17)15-2-1-4-16-5-3-14-7-16/h3,5-7H,1-2,4H2,(H,15,17). The minimum Gasteiger partial charge on any atom is -0.352 e. The van der Waals surface area contributed by atoms with Crippen LogP contribution in [0.5, 0.6) is 0 Å². The summed E-state index contributed by atoms with van der Waals surface area (Å²) < 4.78 is 3.78. The van der Waals surface area contributed by atoms with Crippen LogP contribution in [0.15, 0.2) is 32.4 Å². The Labute approximate surface area is 126 Å². The number of rotatable bonds is 5. The van der Waals surface area contributed by atoms with Gasteiger partial charge in [-0.1, -0.05) is 0 Å². The topological polar surface area (TPSA) is 46.9 Å². The number of hydrogen-bond acceptors (Lipinski definition) is 3. The van der Waals surface area contributed by atoms with Gasteiger partial charge in [-0.3, -0.25) is 4.79 Å². The molecular formula is C11H11Br2N3OS. The molecule has 1 N–H and O–H groups in total. The summed E-state index contributed by atoms with van der Waals surface area (Å²) in [7, 11) is 0. The van der Waals surface area contributed by atoms with Crippen molar-refractivity contribution in [2.75, 3.05) is 6.54 Å². The highest BCUT2D eigenvalue weighted by Crippen LogP contribution is 2.31. The maximum Gasteiger partial charge on any atom is 0.253 e. The zero-order chi connectivity index (χ0) is 13.0. The van der Waals surface area contributed by atoms with Crippen LogP contribution in [0.3, 0.4) is 0 Å². The van der Waals surface area contributed by atoms with Gasteiger partial charge in [0.2, 0.25) is 0 Å². The number of nitrogens with one attached hydrogen (secondary N) is 1. The number of aryl methyl sites for hydroxylation is 1. The van der Waals surface area contributed by atoms with Crippen molar-refractivity contribution >= 4 is 49.1 Å². The highest BCUT2D eigenvalue weighted by molar-refractivity contribution is 9.12. The normalized spacial score (nSPS) is 10.6. The number of hydrogen-bond donors (Lipinski definition) is 1. The van der Waals surface area contributed by atoms with Gasteiger partial charge in [-0.05, 0) is 44.3 Å². The number of carbonyl (C=O) groups is 1. The fraction of sp³-hybridized carbons (Fsp3) is 0.273. The fourth-order valence-electron chi connectivity index (χ4n) is 1.47. The number of amides is 1. The molecule has 0 aliphatic rings. The summed E-state index contributed by atoms with van der Waals surface area (Å²) in [5.74, 6) is -0.0468. The van der Waals surface area contributed by atoms with E-state index in [-0.39, 0.29) is 5.91 Å². The predicted molar refractivity (Wildman–Crippen MR) is 78.9 cm³/mol. The van der Waals surface area contributed by atoms with Crippen molar-refractivity contribution in [1.29, 1.82) is 0 Å². The molecule has 0 saturated carbocycles. The number of halogens is 2. The van der Waals surface area contributed by atoms with Gasteiger partial charge in [0.05, 0.1) is 19.5 Å². The molecule has 18 heavy (non-hydrogen) atoms. The lowest BCUT2D eigenvalue weighted by molar-refractivity contribution is 0.0952. The molecule has 2 aromatic rings. The van der Waals surface area contributed by atoms with Crippen molar-refractivity contribution in [3.8, 4) is 0 Å². The molecule has 7 heteroatoms. The van der Waals surface area contributed by atoms with Crippen molar-refractivity contribution in [3.05, 3.63) is 37.9 Å². The monoisotopic (exact) mass is 391 g/mol. The molecule has 2 aromatic heterocycles. The van der Waals surface area contributed by atoms with E-state index in [2.05, 4.69) is 42.2 Å². The third-order valence-electron chi connectivity index (χ3n) is 2.34. The second-order valence-corrected chi connectivity index (χ2v) is 7.40. The molecule has 2 rings (SSSR count). The quantitative estimate of drug-likeness (QED) is 0.793. The van der Waals surface area contributed by atoms with Gasteiger partial charge in [-0.15, -0.1) is 11.3 Å². The lowest BCUT2D eigenvalue weighted by Gasteiger charge is -2.04. The van der Waals surface area contributed by atoms with Crippen LogP contribution >= 0.6 is 43.2 Å². The van der Waals surface area contributed by atoms with Crippen LogP contribution in [0.1, 0.15) is 16.8 Å². The molecule has 0 aliphatic heterocycles. The number of nitrogens with zero attached hydrogens (tertiary/aromatic N) is 2. The Balaban J connectivity index is 1.77. The third-order valence-corrected chi connectivity index (χ3v) is 4.68. The molecule has 0 saturated heterocycles. The Bertz CT molecular complexity index is 524. The molecule has 0 unspecified atom stereocenters. The van der Waals surface area contributed by atoms with Crippen molar-refractivity contribution < 1.29 is 4.79 Å². The van der Waals surface area contributed by atoms with Crippen LogP contribution in [0.2, 0.25) is 0 Å². The summed E-state index contributed by atoms with van der Waals surface area (Å²) in [6.45, 7) is 1.51. The van der Waals surface area contributed by atoms with Crippen LogP contribution in [-0.2, 0) is 6.54 Å². The van der Waals surface area contributed by atoms with Gasteiger partial charge in [0.1, 0.15) is 0 Å². The van der Waals surface area contributed by atoms with E-state index in [1.807, 2.05) is 16.8 Å². The molecule has 0 aromatic carbocycles. The minimum absolute atomic E-state index is 0.0468. The summed E-state index contributed by atoms with van der Waals surface area (Å²) >= 11 is 8.23. The zero-order valence-electron chi connectivity index (χ0n) is 9.40. The molecule has 4 nitrogen and oxygen atoms in total. The second-order valence-electron chi connectivity index (χ2n) is 3.65. The first-order chi connectivity index (χ1) is 8.66. The number of imidazole rings is 1. The minimum atomic E-state index is -0.0468. The molecule has 1 amide bonds. The molecule has 96 valence electrons. The van der Waals surface area contributed by atoms with E-state index in [1.54, 1.807) is 12.5 Å². The predicted octanol–water partition coefficient (Wildman–Crippen LogP) is 3.29. The van der Waals surface area contributed by atoms with Gasteiger partial charge in [-0.2, -0.15) is 0 Å². The van der Waals surface area contributed by atoms with E-state index in [4.69, 9.17) is 0 Å². The van der Waals surface area contributed by atoms with E-state index in [1.165, 1.54) is 11.3 Å². The molecule has 0 atom stereocenters. The fourth-order valence-corrected chi connectivity index (χ4v) is 4.27. The van der Waals surface area contributed by atoms with E-state index < -0.39 is 0 Å². The Kier molecular flexibility index (Phi) is 4.96. The SMILES string of the molecule is O=C(NCCCn1ccnc1)c1cc(Br)sc1Br. The van der Waals surface area contributed by atoms with E-state index in [9.17, 15) is 4.79 Å². The second kappa shape index (κ2) is 6.49. The van der Waals surface area contributed by atoms with Crippen LogP contribution in [0.25, 0.3) is 0 Å².